The van der Waals surface area contributed by atoms with E-state index >= 15 is 0 Å². The predicted molar refractivity (Wildman–Crippen MR) is 71.8 cm³/mol. The minimum Gasteiger partial charge on any atom is -0.371 e. The van der Waals surface area contributed by atoms with Crippen molar-refractivity contribution >= 4 is 5.69 Å². The zero-order valence-corrected chi connectivity index (χ0v) is 11.1. The molecule has 2 N–H and O–H groups in total. The van der Waals surface area contributed by atoms with Crippen LogP contribution in [0.2, 0.25) is 0 Å². The lowest BCUT2D eigenvalue weighted by Crippen LogP contribution is -2.33. The van der Waals surface area contributed by atoms with E-state index in [2.05, 4.69) is 57.8 Å². The van der Waals surface area contributed by atoms with Gasteiger partial charge in [0.1, 0.15) is 0 Å². The number of anilines is 1. The number of nitrogens with two attached hydrogens (primary N) is 1. The average Bonchev–Trinajstić information content (AvgIpc) is 2.26. The second kappa shape index (κ2) is 5.35. The van der Waals surface area contributed by atoms with Gasteiger partial charge >= 0.3 is 0 Å². The van der Waals surface area contributed by atoms with E-state index in [1.54, 1.807) is 0 Å². The van der Waals surface area contributed by atoms with Crippen molar-refractivity contribution < 1.29 is 0 Å². The highest BCUT2D eigenvalue weighted by Gasteiger charge is 2.15. The summed E-state index contributed by atoms with van der Waals surface area (Å²) in [5, 5.41) is 0. The highest BCUT2D eigenvalue weighted by atomic mass is 15.1. The van der Waals surface area contributed by atoms with Gasteiger partial charge in [-0.1, -0.05) is 26.0 Å². The van der Waals surface area contributed by atoms with Crippen LogP contribution in [0.5, 0.6) is 0 Å². The van der Waals surface area contributed by atoms with Crippen molar-refractivity contribution in [1.29, 1.82) is 0 Å². The lowest BCUT2D eigenvalue weighted by Gasteiger charge is -2.31. The quantitative estimate of drug-likeness (QED) is 0.845. The third kappa shape index (κ3) is 2.76. The molecule has 0 aliphatic rings. The van der Waals surface area contributed by atoms with Gasteiger partial charge < -0.3 is 10.6 Å². The van der Waals surface area contributed by atoms with Crippen LogP contribution in [0, 0.1) is 12.8 Å². The van der Waals surface area contributed by atoms with Crippen molar-refractivity contribution in [3.8, 4) is 0 Å². The molecule has 0 heterocycles. The number of nitrogens with zero attached hydrogens (tertiary/aromatic N) is 1. The van der Waals surface area contributed by atoms with E-state index in [4.69, 9.17) is 5.73 Å². The minimum atomic E-state index is 0.544. The zero-order chi connectivity index (χ0) is 12.3. The second-order valence-corrected chi connectivity index (χ2v) is 4.92. The lowest BCUT2D eigenvalue weighted by molar-refractivity contribution is 0.505. The van der Waals surface area contributed by atoms with Crippen LogP contribution in [0.3, 0.4) is 0 Å². The van der Waals surface area contributed by atoms with Crippen molar-refractivity contribution in [2.45, 2.75) is 40.3 Å². The molecule has 0 aromatic heterocycles. The minimum absolute atomic E-state index is 0.544. The fourth-order valence-corrected chi connectivity index (χ4v) is 1.91. The van der Waals surface area contributed by atoms with Gasteiger partial charge in [-0.15, -0.1) is 0 Å². The van der Waals surface area contributed by atoms with E-state index in [9.17, 15) is 0 Å². The Hall–Kier alpha value is -1.02. The molecule has 0 fully saturated rings. The fourth-order valence-electron chi connectivity index (χ4n) is 1.91. The Morgan fingerprint density at radius 1 is 1.25 bits per heavy atom. The molecule has 1 rings (SSSR count). The first-order valence-corrected chi connectivity index (χ1v) is 5.99. The van der Waals surface area contributed by atoms with E-state index in [0.29, 0.717) is 18.5 Å². The molecule has 0 saturated heterocycles. The van der Waals surface area contributed by atoms with Crippen molar-refractivity contribution in [1.82, 2.24) is 0 Å². The Labute approximate surface area is 99.5 Å². The Kier molecular flexibility index (Phi) is 4.36. The van der Waals surface area contributed by atoms with E-state index < -0.39 is 0 Å². The summed E-state index contributed by atoms with van der Waals surface area (Å²) in [4.78, 5) is 2.35. The molecule has 0 radical (unpaired) electrons. The first-order valence-electron chi connectivity index (χ1n) is 5.99. The molecule has 1 unspecified atom stereocenters. The molecule has 0 amide bonds. The summed E-state index contributed by atoms with van der Waals surface area (Å²) in [7, 11) is 2.16. The topological polar surface area (TPSA) is 29.3 Å². The summed E-state index contributed by atoms with van der Waals surface area (Å²) in [5.41, 5.74) is 9.45. The van der Waals surface area contributed by atoms with Crippen molar-refractivity contribution in [2.75, 3.05) is 11.9 Å². The third-order valence-electron chi connectivity index (χ3n) is 3.45. The van der Waals surface area contributed by atoms with Crippen molar-refractivity contribution in [2.24, 2.45) is 11.7 Å². The zero-order valence-electron chi connectivity index (χ0n) is 11.1. The maximum Gasteiger partial charge on any atom is 0.0396 e. The van der Waals surface area contributed by atoms with Crippen LogP contribution >= 0.6 is 0 Å². The molecule has 0 spiro atoms. The molecule has 0 aliphatic carbocycles. The molecular weight excluding hydrogens is 196 g/mol. The smallest absolute Gasteiger partial charge is 0.0396 e. The molecule has 2 heteroatoms. The van der Waals surface area contributed by atoms with E-state index in [1.807, 2.05) is 0 Å². The van der Waals surface area contributed by atoms with Crippen LogP contribution in [0.15, 0.2) is 18.2 Å². The second-order valence-electron chi connectivity index (χ2n) is 4.92. The highest BCUT2D eigenvalue weighted by Crippen LogP contribution is 2.24. The van der Waals surface area contributed by atoms with Gasteiger partial charge in [0.2, 0.25) is 0 Å². The monoisotopic (exact) mass is 220 g/mol. The highest BCUT2D eigenvalue weighted by molar-refractivity contribution is 5.54. The number of aryl methyl sites for hydroxylation is 1. The standard InChI is InChI=1S/C14H24N2/c1-10(2)12(4)16(5)14-7-6-13(9-15)8-11(14)3/h6-8,10,12H,9,15H2,1-5H3. The van der Waals surface area contributed by atoms with Gasteiger partial charge in [0.05, 0.1) is 0 Å². The lowest BCUT2D eigenvalue weighted by atomic mass is 10.0. The molecule has 0 aliphatic heterocycles. The molecule has 0 saturated carbocycles. The van der Waals surface area contributed by atoms with Crippen LogP contribution < -0.4 is 10.6 Å². The van der Waals surface area contributed by atoms with Crippen LogP contribution in [0.25, 0.3) is 0 Å². The number of hydrogen-bond acceptors (Lipinski definition) is 2. The van der Waals surface area contributed by atoms with E-state index in [0.717, 1.165) is 0 Å². The number of rotatable bonds is 4. The van der Waals surface area contributed by atoms with Crippen LogP contribution in [0.1, 0.15) is 31.9 Å². The summed E-state index contributed by atoms with van der Waals surface area (Å²) in [6.45, 7) is 9.54. The number of hydrogen-bond donors (Lipinski definition) is 1. The van der Waals surface area contributed by atoms with E-state index in [1.165, 1.54) is 16.8 Å². The van der Waals surface area contributed by atoms with Gasteiger partial charge in [0, 0.05) is 25.3 Å². The fraction of sp³-hybridized carbons (Fsp3) is 0.571. The molecule has 16 heavy (non-hydrogen) atoms. The average molecular weight is 220 g/mol. The van der Waals surface area contributed by atoms with Gasteiger partial charge in [0.15, 0.2) is 0 Å². The van der Waals surface area contributed by atoms with Crippen molar-refractivity contribution in [3.05, 3.63) is 29.3 Å². The van der Waals surface area contributed by atoms with Gasteiger partial charge in [-0.25, -0.2) is 0 Å². The molecule has 1 aromatic carbocycles. The predicted octanol–water partition coefficient (Wildman–Crippen LogP) is 2.93. The van der Waals surface area contributed by atoms with Gasteiger partial charge in [-0.2, -0.15) is 0 Å². The van der Waals surface area contributed by atoms with E-state index in [-0.39, 0.29) is 0 Å². The van der Waals surface area contributed by atoms with Gasteiger partial charge in [0.25, 0.3) is 0 Å². The molecule has 1 atom stereocenters. The summed E-state index contributed by atoms with van der Waals surface area (Å²) >= 11 is 0. The van der Waals surface area contributed by atoms with Gasteiger partial charge in [-0.3, -0.25) is 0 Å². The molecule has 2 nitrogen and oxygen atoms in total. The van der Waals surface area contributed by atoms with Crippen LogP contribution in [-0.2, 0) is 6.54 Å². The summed E-state index contributed by atoms with van der Waals surface area (Å²) in [6.07, 6.45) is 0. The molecular formula is C14H24N2. The largest absolute Gasteiger partial charge is 0.371 e. The molecule has 1 aromatic rings. The Bertz CT molecular complexity index is 345. The van der Waals surface area contributed by atoms with Crippen LogP contribution in [-0.4, -0.2) is 13.1 Å². The summed E-state index contributed by atoms with van der Waals surface area (Å²) in [6, 6.07) is 7.02. The molecule has 0 bridgehead atoms. The molecule has 90 valence electrons. The summed E-state index contributed by atoms with van der Waals surface area (Å²) < 4.78 is 0. The normalized spacial score (nSPS) is 12.9. The number of benzene rings is 1. The Morgan fingerprint density at radius 2 is 1.88 bits per heavy atom. The van der Waals surface area contributed by atoms with Crippen LogP contribution in [0.4, 0.5) is 5.69 Å². The SMILES string of the molecule is Cc1cc(CN)ccc1N(C)C(C)C(C)C. The first kappa shape index (κ1) is 13.0. The maximum absolute atomic E-state index is 5.64. The third-order valence-corrected chi connectivity index (χ3v) is 3.45. The van der Waals surface area contributed by atoms with Crippen molar-refractivity contribution in [3.63, 3.8) is 0 Å². The maximum atomic E-state index is 5.64. The Balaban J connectivity index is 2.96. The first-order chi connectivity index (χ1) is 7.47. The summed E-state index contributed by atoms with van der Waals surface area (Å²) in [5.74, 6) is 0.651. The Morgan fingerprint density at radius 3 is 2.31 bits per heavy atom. The van der Waals surface area contributed by atoms with Gasteiger partial charge in [-0.05, 0) is 37.0 Å².